The standard InChI is InChI=1S/C8H12O6.C8H10O6/c2*9-1-5(10)4-2-14-3-6(11)8(13)7(4)12/h4-5,9-10,12-13H,1-3H2;4-5,9-10H,1-3H2. The predicted molar refractivity (Wildman–Crippen MR) is 87.1 cm³/mol. The smallest absolute Gasteiger partial charge is 0.267 e. The van der Waals surface area contributed by atoms with Crippen LogP contribution in [0.1, 0.15) is 0 Å². The minimum absolute atomic E-state index is 0.122. The first-order valence-corrected chi connectivity index (χ1v) is 8.15. The lowest BCUT2D eigenvalue weighted by atomic mass is 9.95. The fourth-order valence-corrected chi connectivity index (χ4v) is 2.30. The number of carbonyl (C=O) groups is 4. The third-order valence-corrected chi connectivity index (χ3v) is 4.04. The fourth-order valence-electron chi connectivity index (χ4n) is 2.30. The number of Topliss-reactive ketones (excluding diaryl/α,β-unsaturated/α-hetero) is 4. The number of rotatable bonds is 4. The Bertz CT molecular complexity index is 640. The summed E-state index contributed by atoms with van der Waals surface area (Å²) >= 11 is 0. The molecule has 0 spiro atoms. The van der Waals surface area contributed by atoms with Crippen LogP contribution in [0.4, 0.5) is 0 Å². The monoisotopic (exact) mass is 406 g/mol. The molecule has 2 aliphatic heterocycles. The molecular formula is C16H22O12. The maximum Gasteiger partial charge on any atom is 0.267 e. The van der Waals surface area contributed by atoms with Crippen molar-refractivity contribution in [2.75, 3.05) is 39.6 Å². The molecule has 4 unspecified atom stereocenters. The van der Waals surface area contributed by atoms with Gasteiger partial charge in [-0.2, -0.15) is 0 Å². The second kappa shape index (κ2) is 10.9. The molecule has 0 radical (unpaired) electrons. The van der Waals surface area contributed by atoms with Gasteiger partial charge in [-0.25, -0.2) is 0 Å². The van der Waals surface area contributed by atoms with E-state index >= 15 is 0 Å². The SMILES string of the molecule is O=C1COCC(C(O)CO)C(=O)C1=O.O=C1COCC(C(O)CO)C(O)=C1O. The van der Waals surface area contributed by atoms with Crippen molar-refractivity contribution in [2.24, 2.45) is 11.8 Å². The van der Waals surface area contributed by atoms with E-state index in [4.69, 9.17) is 29.9 Å². The highest BCUT2D eigenvalue weighted by molar-refractivity contribution is 6.64. The van der Waals surface area contributed by atoms with Crippen molar-refractivity contribution in [3.8, 4) is 0 Å². The van der Waals surface area contributed by atoms with E-state index in [0.717, 1.165) is 0 Å². The van der Waals surface area contributed by atoms with Crippen LogP contribution in [0.2, 0.25) is 0 Å². The van der Waals surface area contributed by atoms with E-state index in [-0.39, 0.29) is 19.8 Å². The number of carbonyl (C=O) groups excluding carboxylic acids is 4. The molecule has 12 heteroatoms. The number of ether oxygens (including phenoxy) is 2. The summed E-state index contributed by atoms with van der Waals surface area (Å²) in [5, 5.41) is 54.1. The van der Waals surface area contributed by atoms with Crippen molar-refractivity contribution in [2.45, 2.75) is 12.2 Å². The van der Waals surface area contributed by atoms with Gasteiger partial charge in [0.25, 0.3) is 5.78 Å². The summed E-state index contributed by atoms with van der Waals surface area (Å²) < 4.78 is 9.52. The van der Waals surface area contributed by atoms with E-state index in [1.54, 1.807) is 0 Å². The van der Waals surface area contributed by atoms with Gasteiger partial charge in [-0.05, 0) is 0 Å². The summed E-state index contributed by atoms with van der Waals surface area (Å²) in [4.78, 5) is 44.0. The molecule has 2 heterocycles. The van der Waals surface area contributed by atoms with Gasteiger partial charge in [0, 0.05) is 0 Å². The van der Waals surface area contributed by atoms with E-state index in [0.29, 0.717) is 0 Å². The van der Waals surface area contributed by atoms with Gasteiger partial charge in [0.1, 0.15) is 19.0 Å². The molecule has 0 amide bonds. The normalized spacial score (nSPS) is 26.1. The molecule has 28 heavy (non-hydrogen) atoms. The highest BCUT2D eigenvalue weighted by Gasteiger charge is 2.37. The summed E-state index contributed by atoms with van der Waals surface area (Å²) in [6.45, 7) is -2.37. The fraction of sp³-hybridized carbons (Fsp3) is 0.625. The van der Waals surface area contributed by atoms with Crippen LogP contribution in [-0.4, -0.2) is 106 Å². The molecule has 4 atom stereocenters. The van der Waals surface area contributed by atoms with Crippen LogP contribution in [0.5, 0.6) is 0 Å². The lowest BCUT2D eigenvalue weighted by Crippen LogP contribution is -2.38. The molecule has 1 saturated heterocycles. The summed E-state index contributed by atoms with van der Waals surface area (Å²) in [5.74, 6) is -7.36. The number of aliphatic hydroxyl groups is 6. The van der Waals surface area contributed by atoms with E-state index in [9.17, 15) is 29.4 Å². The molecule has 0 aromatic carbocycles. The third-order valence-electron chi connectivity index (χ3n) is 4.04. The van der Waals surface area contributed by atoms with Crippen LogP contribution in [0, 0.1) is 11.8 Å². The molecule has 0 bridgehead atoms. The summed E-state index contributed by atoms with van der Waals surface area (Å²) in [6.07, 6.45) is -2.62. The average molecular weight is 406 g/mol. The topological polar surface area (TPSA) is 208 Å². The van der Waals surface area contributed by atoms with Gasteiger partial charge in [0.2, 0.25) is 17.3 Å². The zero-order chi connectivity index (χ0) is 21.4. The first-order chi connectivity index (χ1) is 13.1. The Labute approximate surface area is 158 Å². The van der Waals surface area contributed by atoms with Crippen molar-refractivity contribution in [3.63, 3.8) is 0 Å². The molecule has 0 aromatic heterocycles. The third kappa shape index (κ3) is 5.89. The minimum Gasteiger partial charge on any atom is -0.508 e. The number of aliphatic hydroxyl groups excluding tert-OH is 6. The summed E-state index contributed by atoms with van der Waals surface area (Å²) in [6, 6.07) is 0. The van der Waals surface area contributed by atoms with E-state index in [1.165, 1.54) is 0 Å². The maximum atomic E-state index is 11.2. The van der Waals surface area contributed by atoms with Crippen LogP contribution in [0.25, 0.3) is 0 Å². The van der Waals surface area contributed by atoms with Gasteiger partial charge in [0.15, 0.2) is 5.76 Å². The Hall–Kier alpha value is -2.22. The zero-order valence-corrected chi connectivity index (χ0v) is 14.7. The van der Waals surface area contributed by atoms with Crippen molar-refractivity contribution in [3.05, 3.63) is 11.5 Å². The predicted octanol–water partition coefficient (Wildman–Crippen LogP) is -3.42. The van der Waals surface area contributed by atoms with E-state index in [2.05, 4.69) is 0 Å². The van der Waals surface area contributed by atoms with Gasteiger partial charge in [-0.1, -0.05) is 0 Å². The quantitative estimate of drug-likeness (QED) is 0.252. The molecule has 0 saturated carbocycles. The van der Waals surface area contributed by atoms with Crippen LogP contribution < -0.4 is 0 Å². The summed E-state index contributed by atoms with van der Waals surface area (Å²) in [7, 11) is 0. The lowest BCUT2D eigenvalue weighted by Gasteiger charge is -2.18. The second-order valence-electron chi connectivity index (χ2n) is 6.02. The van der Waals surface area contributed by atoms with E-state index < -0.39 is 78.5 Å². The molecule has 2 aliphatic rings. The molecule has 6 N–H and O–H groups in total. The van der Waals surface area contributed by atoms with Gasteiger partial charge in [-0.15, -0.1) is 0 Å². The Morgan fingerprint density at radius 2 is 1.29 bits per heavy atom. The molecular weight excluding hydrogens is 384 g/mol. The lowest BCUT2D eigenvalue weighted by molar-refractivity contribution is -0.146. The Kier molecular flexibility index (Phi) is 9.31. The van der Waals surface area contributed by atoms with Crippen molar-refractivity contribution in [1.82, 2.24) is 0 Å². The second-order valence-corrected chi connectivity index (χ2v) is 6.02. The Morgan fingerprint density at radius 3 is 1.82 bits per heavy atom. The Morgan fingerprint density at radius 1 is 0.821 bits per heavy atom. The largest absolute Gasteiger partial charge is 0.508 e. The average Bonchev–Trinajstić information content (AvgIpc) is 2.90. The molecule has 1 fully saturated rings. The van der Waals surface area contributed by atoms with Crippen LogP contribution >= 0.6 is 0 Å². The van der Waals surface area contributed by atoms with Crippen molar-refractivity contribution in [1.29, 1.82) is 0 Å². The number of ketones is 4. The Balaban J connectivity index is 0.000000280. The molecule has 2 rings (SSSR count). The molecule has 0 aromatic rings. The van der Waals surface area contributed by atoms with Crippen LogP contribution in [0.15, 0.2) is 11.5 Å². The first kappa shape index (κ1) is 23.8. The van der Waals surface area contributed by atoms with Crippen molar-refractivity contribution < 1.29 is 59.3 Å². The summed E-state index contributed by atoms with van der Waals surface area (Å²) in [5.41, 5.74) is 0. The number of hydrogen-bond acceptors (Lipinski definition) is 12. The highest BCUT2D eigenvalue weighted by atomic mass is 16.5. The van der Waals surface area contributed by atoms with Gasteiger partial charge in [0.05, 0.1) is 50.5 Å². The number of hydrogen-bond donors (Lipinski definition) is 6. The minimum atomic E-state index is -1.36. The van der Waals surface area contributed by atoms with E-state index in [1.807, 2.05) is 0 Å². The van der Waals surface area contributed by atoms with Crippen molar-refractivity contribution >= 4 is 23.1 Å². The van der Waals surface area contributed by atoms with Crippen LogP contribution in [-0.2, 0) is 28.7 Å². The molecule has 158 valence electrons. The first-order valence-electron chi connectivity index (χ1n) is 8.15. The van der Waals surface area contributed by atoms with Gasteiger partial charge in [-0.3, -0.25) is 19.2 Å². The molecule has 0 aliphatic carbocycles. The van der Waals surface area contributed by atoms with Crippen LogP contribution in [0.3, 0.4) is 0 Å². The maximum absolute atomic E-state index is 11.2. The molecule has 12 nitrogen and oxygen atoms in total. The van der Waals surface area contributed by atoms with Gasteiger partial charge >= 0.3 is 0 Å². The zero-order valence-electron chi connectivity index (χ0n) is 14.7. The highest BCUT2D eigenvalue weighted by Crippen LogP contribution is 2.20. The van der Waals surface area contributed by atoms with Gasteiger partial charge < -0.3 is 40.1 Å².